The van der Waals surface area contributed by atoms with Crippen molar-refractivity contribution < 1.29 is 4.74 Å². The number of hydrogen-bond donors (Lipinski definition) is 0. The molecule has 3 aromatic heterocycles. The van der Waals surface area contributed by atoms with E-state index in [1.54, 1.807) is 17.7 Å². The van der Waals surface area contributed by atoms with Gasteiger partial charge in [-0.25, -0.2) is 14.4 Å². The Balaban J connectivity index is 1.92. The average molecular weight is 388 g/mol. The lowest BCUT2D eigenvalue weighted by molar-refractivity contribution is 0.415. The Hall–Kier alpha value is -2.25. The fraction of sp³-hybridized carbons (Fsp3) is 0.0625. The predicted octanol–water partition coefficient (Wildman–Crippen LogP) is 2.62. The summed E-state index contributed by atoms with van der Waals surface area (Å²) in [4.78, 5) is 22.1. The van der Waals surface area contributed by atoms with E-state index in [0.717, 1.165) is 15.8 Å². The first kappa shape index (κ1) is 14.3. The molecular weight excluding hydrogens is 378 g/mol. The van der Waals surface area contributed by atoms with Crippen molar-refractivity contribution in [3.05, 3.63) is 61.5 Å². The number of pyridine rings is 1. The van der Waals surface area contributed by atoms with E-state index in [1.807, 2.05) is 36.4 Å². The number of thiazole rings is 1. The van der Waals surface area contributed by atoms with Crippen molar-refractivity contribution in [2.45, 2.75) is 0 Å². The largest absolute Gasteiger partial charge is 0.497 e. The van der Waals surface area contributed by atoms with Crippen LogP contribution in [0.3, 0.4) is 0 Å². The van der Waals surface area contributed by atoms with Gasteiger partial charge >= 0.3 is 0 Å². The first-order valence-electron chi connectivity index (χ1n) is 6.78. The van der Waals surface area contributed by atoms with Crippen molar-refractivity contribution in [1.82, 2.24) is 14.4 Å². The normalized spacial score (nSPS) is 12.3. The van der Waals surface area contributed by atoms with E-state index in [9.17, 15) is 4.79 Å². The minimum atomic E-state index is -0.0989. The van der Waals surface area contributed by atoms with Gasteiger partial charge in [0.1, 0.15) is 11.3 Å². The third-order valence-corrected chi connectivity index (χ3v) is 4.86. The van der Waals surface area contributed by atoms with E-state index < -0.39 is 0 Å². The number of imidazole rings is 1. The van der Waals surface area contributed by atoms with Gasteiger partial charge in [0.25, 0.3) is 5.56 Å². The Morgan fingerprint density at radius 3 is 2.83 bits per heavy atom. The van der Waals surface area contributed by atoms with Crippen LogP contribution >= 0.6 is 27.3 Å². The maximum absolute atomic E-state index is 12.6. The molecule has 0 N–H and O–H groups in total. The molecule has 5 nitrogen and oxygen atoms in total. The third kappa shape index (κ3) is 2.42. The summed E-state index contributed by atoms with van der Waals surface area (Å²) in [5, 5.41) is 0. The molecule has 0 aliphatic carbocycles. The minimum Gasteiger partial charge on any atom is -0.497 e. The zero-order valence-electron chi connectivity index (χ0n) is 12.0. The quantitative estimate of drug-likeness (QED) is 0.530. The first-order chi connectivity index (χ1) is 11.2. The highest BCUT2D eigenvalue weighted by Crippen LogP contribution is 2.18. The standard InChI is InChI=1S/C16H10BrN3O2S/c1-22-11-4-2-9(3-5-11)6-13-15(21)20-14-12(19-16(20)23-13)7-10(17)8-18-14/h2-8H,1H3/b13-6-. The molecule has 0 unspecified atom stereocenters. The topological polar surface area (TPSA) is 56.5 Å². The van der Waals surface area contributed by atoms with E-state index >= 15 is 0 Å². The summed E-state index contributed by atoms with van der Waals surface area (Å²) in [6.45, 7) is 0. The Morgan fingerprint density at radius 2 is 2.09 bits per heavy atom. The van der Waals surface area contributed by atoms with Crippen LogP contribution in [-0.2, 0) is 0 Å². The van der Waals surface area contributed by atoms with Crippen molar-refractivity contribution in [2.75, 3.05) is 7.11 Å². The molecule has 0 spiro atoms. The monoisotopic (exact) mass is 387 g/mol. The van der Waals surface area contributed by atoms with Gasteiger partial charge in [0.05, 0.1) is 11.6 Å². The van der Waals surface area contributed by atoms with Crippen LogP contribution in [0.25, 0.3) is 22.2 Å². The fourth-order valence-corrected chi connectivity index (χ4v) is 3.66. The van der Waals surface area contributed by atoms with Gasteiger partial charge in [0.2, 0.25) is 0 Å². The van der Waals surface area contributed by atoms with Crippen LogP contribution < -0.4 is 14.8 Å². The van der Waals surface area contributed by atoms with Gasteiger partial charge in [-0.1, -0.05) is 23.5 Å². The molecule has 0 aliphatic rings. The zero-order chi connectivity index (χ0) is 16.0. The Labute approximate surface area is 143 Å². The van der Waals surface area contributed by atoms with Crippen LogP contribution in [0.15, 0.2) is 45.8 Å². The number of methoxy groups -OCH3 is 1. The van der Waals surface area contributed by atoms with Crippen molar-refractivity contribution in [3.8, 4) is 5.75 Å². The van der Waals surface area contributed by atoms with E-state index in [1.165, 1.54) is 11.3 Å². The molecule has 114 valence electrons. The number of rotatable bonds is 2. The Morgan fingerprint density at radius 1 is 1.30 bits per heavy atom. The molecule has 4 rings (SSSR count). The van der Waals surface area contributed by atoms with Gasteiger partial charge in [0.15, 0.2) is 10.6 Å². The van der Waals surface area contributed by atoms with E-state index in [0.29, 0.717) is 20.7 Å². The summed E-state index contributed by atoms with van der Waals surface area (Å²) in [5.74, 6) is 0.784. The predicted molar refractivity (Wildman–Crippen MR) is 94.1 cm³/mol. The van der Waals surface area contributed by atoms with E-state index in [2.05, 4.69) is 25.9 Å². The van der Waals surface area contributed by atoms with Gasteiger partial charge in [-0.2, -0.15) is 0 Å². The molecule has 0 amide bonds. The fourth-order valence-electron chi connectivity index (χ4n) is 2.37. The van der Waals surface area contributed by atoms with E-state index in [-0.39, 0.29) is 5.56 Å². The van der Waals surface area contributed by atoms with Crippen molar-refractivity contribution >= 4 is 49.5 Å². The van der Waals surface area contributed by atoms with Crippen LogP contribution in [0.4, 0.5) is 0 Å². The minimum absolute atomic E-state index is 0.0989. The van der Waals surface area contributed by atoms with Crippen LogP contribution in [0, 0.1) is 0 Å². The summed E-state index contributed by atoms with van der Waals surface area (Å²) in [7, 11) is 1.62. The third-order valence-electron chi connectivity index (χ3n) is 3.46. The van der Waals surface area contributed by atoms with Crippen molar-refractivity contribution in [1.29, 1.82) is 0 Å². The van der Waals surface area contributed by atoms with Gasteiger partial charge in [-0.05, 0) is 45.8 Å². The highest BCUT2D eigenvalue weighted by Gasteiger charge is 2.12. The lowest BCUT2D eigenvalue weighted by Gasteiger charge is -1.98. The lowest BCUT2D eigenvalue weighted by Crippen LogP contribution is -2.22. The second-order valence-corrected chi connectivity index (χ2v) is 6.84. The van der Waals surface area contributed by atoms with Gasteiger partial charge in [0, 0.05) is 10.7 Å². The molecular formula is C16H10BrN3O2S. The second-order valence-electron chi connectivity index (χ2n) is 4.92. The van der Waals surface area contributed by atoms with Crippen LogP contribution in [0.5, 0.6) is 5.75 Å². The molecule has 1 aromatic carbocycles. The number of nitrogens with zero attached hydrogens (tertiary/aromatic N) is 3. The lowest BCUT2D eigenvalue weighted by atomic mass is 10.2. The van der Waals surface area contributed by atoms with Gasteiger partial charge < -0.3 is 4.74 Å². The summed E-state index contributed by atoms with van der Waals surface area (Å²) in [6.07, 6.45) is 3.52. The van der Waals surface area contributed by atoms with Gasteiger partial charge in [-0.15, -0.1) is 0 Å². The van der Waals surface area contributed by atoms with Crippen molar-refractivity contribution in [3.63, 3.8) is 0 Å². The number of ether oxygens (including phenoxy) is 1. The Bertz CT molecular complexity index is 1130. The van der Waals surface area contributed by atoms with Crippen molar-refractivity contribution in [2.24, 2.45) is 0 Å². The average Bonchev–Trinajstić information content (AvgIpc) is 3.04. The SMILES string of the molecule is COc1ccc(/C=c2\sc3nc4cc(Br)cnc4n3c2=O)cc1. The molecule has 0 aliphatic heterocycles. The summed E-state index contributed by atoms with van der Waals surface area (Å²) < 4.78 is 8.16. The molecule has 23 heavy (non-hydrogen) atoms. The molecule has 0 bridgehead atoms. The number of fused-ring (bicyclic) bond motifs is 3. The molecule has 7 heteroatoms. The highest BCUT2D eigenvalue weighted by atomic mass is 79.9. The molecule has 0 fully saturated rings. The maximum Gasteiger partial charge on any atom is 0.276 e. The number of halogens is 1. The van der Waals surface area contributed by atoms with Crippen LogP contribution in [0.2, 0.25) is 0 Å². The summed E-state index contributed by atoms with van der Waals surface area (Å²) >= 11 is 4.72. The number of aromatic nitrogens is 3. The smallest absolute Gasteiger partial charge is 0.276 e. The molecule has 0 atom stereocenters. The molecule has 4 aromatic rings. The highest BCUT2D eigenvalue weighted by molar-refractivity contribution is 9.10. The molecule has 0 saturated heterocycles. The zero-order valence-corrected chi connectivity index (χ0v) is 14.4. The first-order valence-corrected chi connectivity index (χ1v) is 8.39. The molecule has 0 saturated carbocycles. The molecule has 3 heterocycles. The number of benzene rings is 1. The van der Waals surface area contributed by atoms with E-state index in [4.69, 9.17) is 4.74 Å². The van der Waals surface area contributed by atoms with Crippen LogP contribution in [0.1, 0.15) is 5.56 Å². The van der Waals surface area contributed by atoms with Crippen LogP contribution in [-0.4, -0.2) is 21.5 Å². The number of hydrogen-bond acceptors (Lipinski definition) is 5. The second kappa shape index (κ2) is 5.43. The maximum atomic E-state index is 12.6. The summed E-state index contributed by atoms with van der Waals surface area (Å²) in [5.41, 5.74) is 2.13. The Kier molecular flexibility index (Phi) is 3.39. The summed E-state index contributed by atoms with van der Waals surface area (Å²) in [6, 6.07) is 9.41. The molecule has 0 radical (unpaired) electrons. The van der Waals surface area contributed by atoms with Gasteiger partial charge in [-0.3, -0.25) is 4.79 Å².